The second kappa shape index (κ2) is 5.65. The fourth-order valence-corrected chi connectivity index (χ4v) is 3.20. The minimum atomic E-state index is -0.561. The zero-order chi connectivity index (χ0) is 13.1. The van der Waals surface area contributed by atoms with Crippen LogP contribution in [0.25, 0.3) is 0 Å². The summed E-state index contributed by atoms with van der Waals surface area (Å²) in [6, 6.07) is 0. The van der Waals surface area contributed by atoms with Crippen molar-refractivity contribution in [1.82, 2.24) is 0 Å². The Hall–Kier alpha value is -0.860. The highest BCUT2D eigenvalue weighted by Crippen LogP contribution is 2.45. The van der Waals surface area contributed by atoms with E-state index < -0.39 is 5.41 Å². The molecule has 0 spiro atoms. The summed E-state index contributed by atoms with van der Waals surface area (Å²) in [6.07, 6.45) is 5.55. The molecule has 0 heterocycles. The Balaban J connectivity index is 2.99. The second-order valence-corrected chi connectivity index (χ2v) is 5.87. The standard InChI is InChI=1S/C14H25NO2/c1-10(2)9-12(11(3)16)14(13(15)17)7-5-4-6-8-14/h10,12H,4-9H2,1-3H3,(H2,15,17). The molecule has 1 saturated carbocycles. The predicted octanol–water partition coefficient (Wildman–Crippen LogP) is 2.67. The number of carbonyl (C=O) groups excluding carboxylic acids is 2. The van der Waals surface area contributed by atoms with Crippen LogP contribution in [0, 0.1) is 17.3 Å². The summed E-state index contributed by atoms with van der Waals surface area (Å²) >= 11 is 0. The molecule has 17 heavy (non-hydrogen) atoms. The highest BCUT2D eigenvalue weighted by Gasteiger charge is 2.46. The smallest absolute Gasteiger partial charge is 0.224 e. The SMILES string of the molecule is CC(=O)C(CC(C)C)C1(C(N)=O)CCCCC1. The van der Waals surface area contributed by atoms with E-state index in [1.807, 2.05) is 0 Å². The summed E-state index contributed by atoms with van der Waals surface area (Å²) in [6.45, 7) is 5.78. The number of Topliss-reactive ketones (excluding diaryl/α,β-unsaturated/α-hetero) is 1. The van der Waals surface area contributed by atoms with E-state index >= 15 is 0 Å². The topological polar surface area (TPSA) is 60.2 Å². The van der Waals surface area contributed by atoms with Crippen LogP contribution >= 0.6 is 0 Å². The minimum Gasteiger partial charge on any atom is -0.369 e. The van der Waals surface area contributed by atoms with Crippen LogP contribution in [0.3, 0.4) is 0 Å². The van der Waals surface area contributed by atoms with Crippen LogP contribution in [-0.4, -0.2) is 11.7 Å². The van der Waals surface area contributed by atoms with E-state index in [0.29, 0.717) is 5.92 Å². The van der Waals surface area contributed by atoms with Gasteiger partial charge in [-0.1, -0.05) is 33.1 Å². The van der Waals surface area contributed by atoms with Gasteiger partial charge in [0.1, 0.15) is 5.78 Å². The first kappa shape index (κ1) is 14.2. The maximum Gasteiger partial charge on any atom is 0.224 e. The Labute approximate surface area is 104 Å². The number of hydrogen-bond donors (Lipinski definition) is 1. The molecule has 3 heteroatoms. The van der Waals surface area contributed by atoms with Crippen molar-refractivity contribution in [2.75, 3.05) is 0 Å². The van der Waals surface area contributed by atoms with Gasteiger partial charge >= 0.3 is 0 Å². The number of amides is 1. The van der Waals surface area contributed by atoms with Gasteiger partial charge in [0.2, 0.25) is 5.91 Å². The molecule has 1 amide bonds. The first-order valence-corrected chi connectivity index (χ1v) is 6.70. The van der Waals surface area contributed by atoms with Gasteiger partial charge < -0.3 is 5.73 Å². The van der Waals surface area contributed by atoms with Gasteiger partial charge in [-0.05, 0) is 32.1 Å². The Morgan fingerprint density at radius 1 is 1.18 bits per heavy atom. The van der Waals surface area contributed by atoms with Crippen molar-refractivity contribution in [3.8, 4) is 0 Å². The van der Waals surface area contributed by atoms with E-state index in [2.05, 4.69) is 13.8 Å². The molecule has 1 unspecified atom stereocenters. The van der Waals surface area contributed by atoms with Crippen LogP contribution < -0.4 is 5.73 Å². The largest absolute Gasteiger partial charge is 0.369 e. The van der Waals surface area contributed by atoms with Gasteiger partial charge in [-0.2, -0.15) is 0 Å². The number of primary amides is 1. The molecule has 0 bridgehead atoms. The molecular weight excluding hydrogens is 214 g/mol. The summed E-state index contributed by atoms with van der Waals surface area (Å²) in [5, 5.41) is 0. The Morgan fingerprint density at radius 3 is 2.06 bits per heavy atom. The highest BCUT2D eigenvalue weighted by atomic mass is 16.1. The van der Waals surface area contributed by atoms with Crippen molar-refractivity contribution in [1.29, 1.82) is 0 Å². The van der Waals surface area contributed by atoms with Crippen LogP contribution in [0.15, 0.2) is 0 Å². The molecule has 0 saturated heterocycles. The summed E-state index contributed by atoms with van der Waals surface area (Å²) in [7, 11) is 0. The Bertz CT molecular complexity index is 291. The van der Waals surface area contributed by atoms with E-state index in [9.17, 15) is 9.59 Å². The number of rotatable bonds is 5. The molecule has 1 rings (SSSR count). The third-order valence-corrected chi connectivity index (χ3v) is 4.10. The molecule has 98 valence electrons. The Morgan fingerprint density at radius 2 is 1.71 bits per heavy atom. The van der Waals surface area contributed by atoms with Gasteiger partial charge in [0.15, 0.2) is 0 Å². The molecule has 0 aromatic heterocycles. The molecule has 0 aromatic carbocycles. The summed E-state index contributed by atoms with van der Waals surface area (Å²) in [4.78, 5) is 23.8. The fourth-order valence-electron chi connectivity index (χ4n) is 3.20. The molecule has 1 aliphatic carbocycles. The lowest BCUT2D eigenvalue weighted by molar-refractivity contribution is -0.141. The van der Waals surface area contributed by atoms with Crippen molar-refractivity contribution in [3.05, 3.63) is 0 Å². The van der Waals surface area contributed by atoms with Crippen molar-refractivity contribution in [3.63, 3.8) is 0 Å². The van der Waals surface area contributed by atoms with Gasteiger partial charge in [-0.3, -0.25) is 9.59 Å². The van der Waals surface area contributed by atoms with Crippen LogP contribution in [0.2, 0.25) is 0 Å². The number of carbonyl (C=O) groups is 2. The molecule has 1 fully saturated rings. The van der Waals surface area contributed by atoms with Gasteiger partial charge in [0, 0.05) is 5.92 Å². The molecule has 1 aliphatic rings. The lowest BCUT2D eigenvalue weighted by Gasteiger charge is -2.40. The van der Waals surface area contributed by atoms with E-state index in [1.165, 1.54) is 0 Å². The minimum absolute atomic E-state index is 0.124. The van der Waals surface area contributed by atoms with Gasteiger partial charge in [0.05, 0.1) is 5.41 Å². The van der Waals surface area contributed by atoms with Crippen LogP contribution in [-0.2, 0) is 9.59 Å². The van der Waals surface area contributed by atoms with E-state index in [4.69, 9.17) is 5.73 Å². The van der Waals surface area contributed by atoms with E-state index in [0.717, 1.165) is 38.5 Å². The van der Waals surface area contributed by atoms with Gasteiger partial charge in [-0.15, -0.1) is 0 Å². The first-order valence-electron chi connectivity index (χ1n) is 6.70. The monoisotopic (exact) mass is 239 g/mol. The lowest BCUT2D eigenvalue weighted by atomic mass is 9.62. The maximum atomic E-state index is 11.9. The van der Waals surface area contributed by atoms with E-state index in [1.54, 1.807) is 6.92 Å². The van der Waals surface area contributed by atoms with Crippen molar-refractivity contribution in [2.45, 2.75) is 59.3 Å². The third kappa shape index (κ3) is 3.08. The van der Waals surface area contributed by atoms with Crippen LogP contribution in [0.5, 0.6) is 0 Å². The molecule has 0 aromatic rings. The van der Waals surface area contributed by atoms with Crippen molar-refractivity contribution in [2.24, 2.45) is 23.0 Å². The molecule has 2 N–H and O–H groups in total. The average Bonchev–Trinajstić information content (AvgIpc) is 2.26. The summed E-state index contributed by atoms with van der Waals surface area (Å²) < 4.78 is 0. The number of ketones is 1. The van der Waals surface area contributed by atoms with Crippen molar-refractivity contribution >= 4 is 11.7 Å². The van der Waals surface area contributed by atoms with E-state index in [-0.39, 0.29) is 17.6 Å². The third-order valence-electron chi connectivity index (χ3n) is 4.10. The van der Waals surface area contributed by atoms with Gasteiger partial charge in [-0.25, -0.2) is 0 Å². The average molecular weight is 239 g/mol. The molecule has 0 aliphatic heterocycles. The molecule has 1 atom stereocenters. The first-order chi connectivity index (χ1) is 7.90. The lowest BCUT2D eigenvalue weighted by Crippen LogP contribution is -2.47. The summed E-state index contributed by atoms with van der Waals surface area (Å²) in [5.74, 6) is 0.0970. The predicted molar refractivity (Wildman–Crippen MR) is 68.3 cm³/mol. The van der Waals surface area contributed by atoms with Crippen molar-refractivity contribution < 1.29 is 9.59 Å². The summed E-state index contributed by atoms with van der Waals surface area (Å²) in [5.41, 5.74) is 5.06. The van der Waals surface area contributed by atoms with Crippen LogP contribution in [0.4, 0.5) is 0 Å². The number of nitrogens with two attached hydrogens (primary N) is 1. The molecular formula is C14H25NO2. The zero-order valence-corrected chi connectivity index (χ0v) is 11.3. The molecule has 0 radical (unpaired) electrons. The fraction of sp³-hybridized carbons (Fsp3) is 0.857. The Kier molecular flexibility index (Phi) is 4.72. The maximum absolute atomic E-state index is 11.9. The normalized spacial score (nSPS) is 21.2. The number of hydrogen-bond acceptors (Lipinski definition) is 2. The quantitative estimate of drug-likeness (QED) is 0.801. The zero-order valence-electron chi connectivity index (χ0n) is 11.3. The second-order valence-electron chi connectivity index (χ2n) is 5.87. The molecule has 3 nitrogen and oxygen atoms in total. The highest BCUT2D eigenvalue weighted by molar-refractivity contribution is 5.89. The van der Waals surface area contributed by atoms with Gasteiger partial charge in [0.25, 0.3) is 0 Å². The van der Waals surface area contributed by atoms with Crippen LogP contribution in [0.1, 0.15) is 59.3 Å².